The number of carbonyl (C=O) groups excluding carboxylic acids is 1. The summed E-state index contributed by atoms with van der Waals surface area (Å²) >= 11 is 0. The van der Waals surface area contributed by atoms with E-state index in [-0.39, 0.29) is 17.0 Å². The minimum absolute atomic E-state index is 0.0391. The quantitative estimate of drug-likeness (QED) is 0.422. The number of hydrogen-bond donors (Lipinski definition) is 1. The minimum Gasteiger partial charge on any atom is -0.493 e. The van der Waals surface area contributed by atoms with Crippen molar-refractivity contribution in [1.29, 1.82) is 0 Å². The van der Waals surface area contributed by atoms with Crippen LogP contribution in [0.3, 0.4) is 0 Å². The Labute approximate surface area is 210 Å². The van der Waals surface area contributed by atoms with Crippen LogP contribution in [0.1, 0.15) is 12.5 Å². The number of methoxy groups -OCH3 is 2. The largest absolute Gasteiger partial charge is 0.493 e. The molecule has 9 heteroatoms. The lowest BCUT2D eigenvalue weighted by Gasteiger charge is -2.32. The fraction of sp³-hybridized carbons (Fsp3) is 0.148. The van der Waals surface area contributed by atoms with E-state index in [2.05, 4.69) is 11.9 Å². The van der Waals surface area contributed by atoms with Crippen molar-refractivity contribution in [3.8, 4) is 23.0 Å². The molecule has 3 aromatic carbocycles. The maximum atomic E-state index is 13.7. The van der Waals surface area contributed by atoms with Crippen LogP contribution in [0.15, 0.2) is 84.3 Å². The Balaban J connectivity index is 1.79. The van der Waals surface area contributed by atoms with E-state index in [1.165, 1.54) is 20.3 Å². The number of ether oxygens (including phenoxy) is 3. The zero-order valence-electron chi connectivity index (χ0n) is 20.1. The van der Waals surface area contributed by atoms with E-state index < -0.39 is 15.9 Å². The van der Waals surface area contributed by atoms with E-state index in [9.17, 15) is 13.2 Å². The van der Waals surface area contributed by atoms with Gasteiger partial charge >= 0.3 is 0 Å². The zero-order chi connectivity index (χ0) is 25.9. The molecule has 3 aromatic rings. The van der Waals surface area contributed by atoms with E-state index in [1.54, 1.807) is 55.5 Å². The first kappa shape index (κ1) is 24.9. The van der Waals surface area contributed by atoms with Gasteiger partial charge in [0.2, 0.25) is 0 Å². The molecule has 8 nitrogen and oxygen atoms in total. The molecule has 0 saturated carbocycles. The fourth-order valence-corrected chi connectivity index (χ4v) is 5.70. The van der Waals surface area contributed by atoms with Crippen LogP contribution in [-0.2, 0) is 14.8 Å². The summed E-state index contributed by atoms with van der Waals surface area (Å²) in [5.41, 5.74) is 1.51. The maximum Gasteiger partial charge on any atom is 0.270 e. The van der Waals surface area contributed by atoms with Gasteiger partial charge in [-0.05, 0) is 42.8 Å². The number of para-hydroxylation sites is 3. The predicted molar refractivity (Wildman–Crippen MR) is 140 cm³/mol. The highest BCUT2D eigenvalue weighted by atomic mass is 32.2. The summed E-state index contributed by atoms with van der Waals surface area (Å²) in [6.45, 7) is 5.24. The molecule has 0 aliphatic carbocycles. The first-order chi connectivity index (χ1) is 17.3. The Kier molecular flexibility index (Phi) is 7.03. The number of anilines is 2. The van der Waals surface area contributed by atoms with Crippen molar-refractivity contribution in [3.63, 3.8) is 0 Å². The second kappa shape index (κ2) is 10.2. The number of nitrogens with zero attached hydrogens (tertiary/aromatic N) is 1. The molecule has 1 amide bonds. The van der Waals surface area contributed by atoms with Crippen LogP contribution >= 0.6 is 0 Å². The van der Waals surface area contributed by atoms with Crippen LogP contribution in [0.2, 0.25) is 0 Å². The SMILES string of the molecule is C=CCN1c2cc(OC)c(OC)cc2C(C)=C(C(=O)Nc2ccccc2Oc2ccccc2)S1(=O)=O. The Bertz CT molecular complexity index is 1450. The van der Waals surface area contributed by atoms with Crippen molar-refractivity contribution in [2.75, 3.05) is 30.4 Å². The van der Waals surface area contributed by atoms with Gasteiger partial charge in [-0.2, -0.15) is 0 Å². The lowest BCUT2D eigenvalue weighted by atomic mass is 10.0. The molecule has 0 unspecified atom stereocenters. The Morgan fingerprint density at radius 1 is 0.972 bits per heavy atom. The summed E-state index contributed by atoms with van der Waals surface area (Å²) in [6, 6.07) is 19.1. The van der Waals surface area contributed by atoms with Crippen molar-refractivity contribution in [1.82, 2.24) is 0 Å². The number of amides is 1. The molecular weight excluding hydrogens is 480 g/mol. The van der Waals surface area contributed by atoms with Crippen LogP contribution in [0.4, 0.5) is 11.4 Å². The van der Waals surface area contributed by atoms with Crippen LogP contribution in [0.5, 0.6) is 23.0 Å². The molecule has 1 N–H and O–H groups in total. The standard InChI is InChI=1S/C27H26N2O6S/c1-5-15-29-22-17-25(34-4)24(33-3)16-20(22)18(2)26(36(29,31)32)27(30)28-21-13-9-10-14-23(21)35-19-11-7-6-8-12-19/h5-14,16-17H,1,15H2,2-4H3,(H,28,30). The normalized spacial score (nSPS) is 14.0. The Morgan fingerprint density at radius 2 is 1.61 bits per heavy atom. The van der Waals surface area contributed by atoms with Crippen LogP contribution in [-0.4, -0.2) is 35.1 Å². The van der Waals surface area contributed by atoms with Crippen LogP contribution in [0.25, 0.3) is 5.57 Å². The van der Waals surface area contributed by atoms with Gasteiger partial charge in [-0.3, -0.25) is 9.10 Å². The Morgan fingerprint density at radius 3 is 2.28 bits per heavy atom. The van der Waals surface area contributed by atoms with E-state index in [1.807, 2.05) is 18.2 Å². The van der Waals surface area contributed by atoms with Gasteiger partial charge in [-0.25, -0.2) is 8.42 Å². The highest BCUT2D eigenvalue weighted by Crippen LogP contribution is 2.45. The number of carbonyl (C=O) groups is 1. The van der Waals surface area contributed by atoms with Gasteiger partial charge < -0.3 is 19.5 Å². The van der Waals surface area contributed by atoms with Crippen molar-refractivity contribution < 1.29 is 27.4 Å². The molecule has 0 saturated heterocycles. The van der Waals surface area contributed by atoms with Gasteiger partial charge in [0, 0.05) is 11.6 Å². The van der Waals surface area contributed by atoms with Gasteiger partial charge in [0.15, 0.2) is 22.2 Å². The number of benzene rings is 3. The van der Waals surface area contributed by atoms with Crippen molar-refractivity contribution >= 4 is 32.9 Å². The highest BCUT2D eigenvalue weighted by molar-refractivity contribution is 7.97. The monoisotopic (exact) mass is 506 g/mol. The smallest absolute Gasteiger partial charge is 0.270 e. The second-order valence-electron chi connectivity index (χ2n) is 7.87. The number of sulfonamides is 1. The summed E-state index contributed by atoms with van der Waals surface area (Å²) in [4.78, 5) is 13.1. The van der Waals surface area contributed by atoms with Gasteiger partial charge in [0.05, 0.1) is 32.1 Å². The number of rotatable bonds is 8. The molecule has 1 aliphatic rings. The Hall–Kier alpha value is -4.24. The summed E-state index contributed by atoms with van der Waals surface area (Å²) in [5, 5.41) is 2.72. The first-order valence-corrected chi connectivity index (χ1v) is 12.5. The lowest BCUT2D eigenvalue weighted by Crippen LogP contribution is -2.39. The third kappa shape index (κ3) is 4.52. The predicted octanol–water partition coefficient (Wildman–Crippen LogP) is 5.20. The summed E-state index contributed by atoms with van der Waals surface area (Å²) in [6.07, 6.45) is 1.46. The third-order valence-corrected chi connectivity index (χ3v) is 7.60. The fourth-order valence-electron chi connectivity index (χ4n) is 3.99. The average Bonchev–Trinajstić information content (AvgIpc) is 2.87. The summed E-state index contributed by atoms with van der Waals surface area (Å²) in [7, 11) is -1.28. The molecule has 0 radical (unpaired) electrons. The molecule has 0 bridgehead atoms. The number of hydrogen-bond acceptors (Lipinski definition) is 6. The molecule has 4 rings (SSSR count). The molecule has 0 aromatic heterocycles. The van der Waals surface area contributed by atoms with Gasteiger partial charge in [0.25, 0.3) is 15.9 Å². The lowest BCUT2D eigenvalue weighted by molar-refractivity contribution is -0.112. The van der Waals surface area contributed by atoms with Gasteiger partial charge in [-0.1, -0.05) is 36.4 Å². The van der Waals surface area contributed by atoms with E-state index in [0.717, 1.165) is 4.31 Å². The molecule has 186 valence electrons. The second-order valence-corrected chi connectivity index (χ2v) is 9.67. The topological polar surface area (TPSA) is 94.2 Å². The maximum absolute atomic E-state index is 13.7. The summed E-state index contributed by atoms with van der Waals surface area (Å²) < 4.78 is 45.2. The minimum atomic E-state index is -4.23. The number of fused-ring (bicyclic) bond motifs is 1. The molecule has 0 atom stereocenters. The average molecular weight is 507 g/mol. The zero-order valence-corrected chi connectivity index (χ0v) is 21.0. The van der Waals surface area contributed by atoms with Crippen LogP contribution < -0.4 is 23.8 Å². The highest BCUT2D eigenvalue weighted by Gasteiger charge is 2.40. The molecule has 0 spiro atoms. The third-order valence-electron chi connectivity index (χ3n) is 5.67. The van der Waals surface area contributed by atoms with E-state index >= 15 is 0 Å². The van der Waals surface area contributed by atoms with Gasteiger partial charge in [0.1, 0.15) is 5.75 Å². The van der Waals surface area contributed by atoms with Gasteiger partial charge in [-0.15, -0.1) is 6.58 Å². The molecule has 1 heterocycles. The molecule has 1 aliphatic heterocycles. The van der Waals surface area contributed by atoms with Crippen LogP contribution in [0, 0.1) is 0 Å². The van der Waals surface area contributed by atoms with Crippen molar-refractivity contribution in [2.24, 2.45) is 0 Å². The summed E-state index contributed by atoms with van der Waals surface area (Å²) in [5.74, 6) is 0.944. The molecule has 0 fully saturated rings. The van der Waals surface area contributed by atoms with Crippen molar-refractivity contribution in [3.05, 3.63) is 89.9 Å². The molecule has 36 heavy (non-hydrogen) atoms. The van der Waals surface area contributed by atoms with E-state index in [4.69, 9.17) is 14.2 Å². The van der Waals surface area contributed by atoms with Crippen molar-refractivity contribution in [2.45, 2.75) is 6.92 Å². The number of nitrogens with one attached hydrogen (secondary N) is 1. The molecular formula is C27H26N2O6S. The van der Waals surface area contributed by atoms with E-state index in [0.29, 0.717) is 39.9 Å². The number of allylic oxidation sites excluding steroid dienone is 1. The first-order valence-electron chi connectivity index (χ1n) is 11.1.